The molecule has 0 bridgehead atoms. The summed E-state index contributed by atoms with van der Waals surface area (Å²) in [6, 6.07) is 0. The third kappa shape index (κ3) is 5.11. The highest BCUT2D eigenvalue weighted by molar-refractivity contribution is 7.99. The van der Waals surface area contributed by atoms with Crippen LogP contribution in [0.5, 0.6) is 0 Å². The van der Waals surface area contributed by atoms with Crippen molar-refractivity contribution in [3.05, 3.63) is 9.47 Å². The van der Waals surface area contributed by atoms with Crippen LogP contribution in [0.1, 0.15) is 16.2 Å². The predicted molar refractivity (Wildman–Crippen MR) is 66.3 cm³/mol. The van der Waals surface area contributed by atoms with E-state index in [0.29, 0.717) is 6.54 Å². The SMILES string of the molecule is O=C(NCCSCCCO)c1nnc(Cl)s1. The van der Waals surface area contributed by atoms with Crippen LogP contribution in [-0.4, -0.2) is 45.9 Å². The highest BCUT2D eigenvalue weighted by atomic mass is 35.5. The van der Waals surface area contributed by atoms with Crippen molar-refractivity contribution in [1.29, 1.82) is 0 Å². The summed E-state index contributed by atoms with van der Waals surface area (Å²) in [6.07, 6.45) is 0.782. The summed E-state index contributed by atoms with van der Waals surface area (Å²) in [4.78, 5) is 11.4. The third-order valence-corrected chi connectivity index (χ3v) is 3.66. The molecule has 0 spiro atoms. The molecule has 0 aromatic carbocycles. The first kappa shape index (κ1) is 13.7. The summed E-state index contributed by atoms with van der Waals surface area (Å²) in [7, 11) is 0. The zero-order chi connectivity index (χ0) is 11.8. The Labute approximate surface area is 107 Å². The maximum absolute atomic E-state index is 11.4. The standard InChI is InChI=1S/C8H12ClN3O2S2/c9-8-12-11-7(16-8)6(14)10-2-5-15-4-1-3-13/h13H,1-5H2,(H,10,14). The summed E-state index contributed by atoms with van der Waals surface area (Å²) in [6.45, 7) is 0.786. The molecule has 0 atom stereocenters. The highest BCUT2D eigenvalue weighted by Gasteiger charge is 2.10. The second-order valence-corrected chi connectivity index (χ2v) is 5.59. The van der Waals surface area contributed by atoms with E-state index in [1.807, 2.05) is 0 Å². The second kappa shape index (κ2) is 7.83. The van der Waals surface area contributed by atoms with Gasteiger partial charge in [0.15, 0.2) is 0 Å². The van der Waals surface area contributed by atoms with Crippen molar-refractivity contribution in [2.75, 3.05) is 24.7 Å². The molecule has 8 heteroatoms. The van der Waals surface area contributed by atoms with Crippen molar-refractivity contribution in [1.82, 2.24) is 15.5 Å². The van der Waals surface area contributed by atoms with Gasteiger partial charge in [0, 0.05) is 18.9 Å². The quantitative estimate of drug-likeness (QED) is 0.731. The Morgan fingerprint density at radius 1 is 1.50 bits per heavy atom. The molecule has 90 valence electrons. The Balaban J connectivity index is 2.11. The van der Waals surface area contributed by atoms with Crippen LogP contribution in [0.3, 0.4) is 0 Å². The second-order valence-electron chi connectivity index (χ2n) is 2.81. The molecule has 0 radical (unpaired) electrons. The van der Waals surface area contributed by atoms with Crippen LogP contribution >= 0.6 is 34.7 Å². The Hall–Kier alpha value is -0.370. The molecule has 1 aromatic heterocycles. The van der Waals surface area contributed by atoms with Gasteiger partial charge in [-0.3, -0.25) is 4.79 Å². The number of carbonyl (C=O) groups is 1. The van der Waals surface area contributed by atoms with Crippen LogP contribution in [0, 0.1) is 0 Å². The molecular weight excluding hydrogens is 270 g/mol. The number of aliphatic hydroxyl groups is 1. The number of amides is 1. The van der Waals surface area contributed by atoms with Gasteiger partial charge in [-0.1, -0.05) is 11.3 Å². The van der Waals surface area contributed by atoms with Gasteiger partial charge >= 0.3 is 0 Å². The minimum absolute atomic E-state index is 0.211. The summed E-state index contributed by atoms with van der Waals surface area (Å²) in [5.41, 5.74) is 0. The van der Waals surface area contributed by atoms with E-state index in [0.717, 1.165) is 29.3 Å². The number of halogens is 1. The van der Waals surface area contributed by atoms with Gasteiger partial charge in [0.25, 0.3) is 5.91 Å². The van der Waals surface area contributed by atoms with Gasteiger partial charge in [-0.05, 0) is 23.8 Å². The minimum Gasteiger partial charge on any atom is -0.396 e. The molecule has 0 aliphatic heterocycles. The van der Waals surface area contributed by atoms with Crippen molar-refractivity contribution in [2.24, 2.45) is 0 Å². The molecule has 2 N–H and O–H groups in total. The number of nitrogens with one attached hydrogen (secondary N) is 1. The van der Waals surface area contributed by atoms with Gasteiger partial charge in [-0.25, -0.2) is 0 Å². The van der Waals surface area contributed by atoms with E-state index in [4.69, 9.17) is 16.7 Å². The lowest BCUT2D eigenvalue weighted by molar-refractivity contribution is 0.0955. The Bertz CT molecular complexity index is 335. The van der Waals surface area contributed by atoms with Crippen molar-refractivity contribution >= 4 is 40.6 Å². The normalized spacial score (nSPS) is 10.4. The number of aliphatic hydroxyl groups excluding tert-OH is 1. The lowest BCUT2D eigenvalue weighted by Gasteiger charge is -2.01. The van der Waals surface area contributed by atoms with Crippen molar-refractivity contribution in [3.8, 4) is 0 Å². The molecule has 1 rings (SSSR count). The fourth-order valence-electron chi connectivity index (χ4n) is 0.878. The fraction of sp³-hybridized carbons (Fsp3) is 0.625. The van der Waals surface area contributed by atoms with Crippen molar-refractivity contribution in [2.45, 2.75) is 6.42 Å². The highest BCUT2D eigenvalue weighted by Crippen LogP contribution is 2.14. The molecule has 1 heterocycles. The van der Waals surface area contributed by atoms with E-state index in [-0.39, 0.29) is 22.0 Å². The van der Waals surface area contributed by atoms with Crippen LogP contribution in [0.4, 0.5) is 0 Å². The van der Waals surface area contributed by atoms with E-state index >= 15 is 0 Å². The van der Waals surface area contributed by atoms with Crippen LogP contribution in [0.25, 0.3) is 0 Å². The topological polar surface area (TPSA) is 75.1 Å². The summed E-state index contributed by atoms with van der Waals surface area (Å²) < 4.78 is 0.266. The molecule has 5 nitrogen and oxygen atoms in total. The fourth-order valence-corrected chi connectivity index (χ4v) is 2.41. The average molecular weight is 282 g/mol. The number of thioether (sulfide) groups is 1. The smallest absolute Gasteiger partial charge is 0.282 e. The maximum atomic E-state index is 11.4. The number of carbonyl (C=O) groups excluding carboxylic acids is 1. The van der Waals surface area contributed by atoms with Crippen LogP contribution in [-0.2, 0) is 0 Å². The van der Waals surface area contributed by atoms with E-state index < -0.39 is 0 Å². The number of hydrogen-bond acceptors (Lipinski definition) is 6. The van der Waals surface area contributed by atoms with Gasteiger partial charge in [0.1, 0.15) is 0 Å². The van der Waals surface area contributed by atoms with Crippen LogP contribution in [0.15, 0.2) is 0 Å². The molecule has 0 aliphatic rings. The van der Waals surface area contributed by atoms with E-state index in [9.17, 15) is 4.79 Å². The minimum atomic E-state index is -0.243. The molecule has 0 aliphatic carbocycles. The lowest BCUT2D eigenvalue weighted by atomic mass is 10.5. The number of hydrogen-bond donors (Lipinski definition) is 2. The van der Waals surface area contributed by atoms with Crippen molar-refractivity contribution < 1.29 is 9.90 Å². The number of nitrogens with zero attached hydrogens (tertiary/aromatic N) is 2. The molecule has 0 saturated carbocycles. The predicted octanol–water partition coefficient (Wildman–Crippen LogP) is 1.04. The average Bonchev–Trinajstić information content (AvgIpc) is 2.70. The Kier molecular flexibility index (Phi) is 6.70. The number of aromatic nitrogens is 2. The van der Waals surface area contributed by atoms with E-state index in [1.54, 1.807) is 11.8 Å². The largest absolute Gasteiger partial charge is 0.396 e. The Morgan fingerprint density at radius 3 is 2.94 bits per heavy atom. The lowest BCUT2D eigenvalue weighted by Crippen LogP contribution is -2.25. The summed E-state index contributed by atoms with van der Waals surface area (Å²) >= 11 is 8.31. The first-order chi connectivity index (χ1) is 7.74. The first-order valence-corrected chi connectivity index (χ1v) is 7.04. The van der Waals surface area contributed by atoms with E-state index in [2.05, 4.69) is 15.5 Å². The molecule has 0 unspecified atom stereocenters. The van der Waals surface area contributed by atoms with Gasteiger partial charge in [0.2, 0.25) is 9.47 Å². The molecular formula is C8H12ClN3O2S2. The first-order valence-electron chi connectivity index (χ1n) is 4.70. The molecule has 16 heavy (non-hydrogen) atoms. The molecule has 0 fully saturated rings. The van der Waals surface area contributed by atoms with E-state index in [1.165, 1.54) is 0 Å². The van der Waals surface area contributed by atoms with Gasteiger partial charge in [-0.2, -0.15) is 11.8 Å². The monoisotopic (exact) mass is 281 g/mol. The zero-order valence-electron chi connectivity index (χ0n) is 8.48. The van der Waals surface area contributed by atoms with Crippen LogP contribution < -0.4 is 5.32 Å². The zero-order valence-corrected chi connectivity index (χ0v) is 10.9. The Morgan fingerprint density at radius 2 is 2.31 bits per heavy atom. The third-order valence-electron chi connectivity index (χ3n) is 1.57. The van der Waals surface area contributed by atoms with Gasteiger partial charge in [-0.15, -0.1) is 10.2 Å². The summed E-state index contributed by atoms with van der Waals surface area (Å²) in [5, 5.41) is 18.7. The summed E-state index contributed by atoms with van der Waals surface area (Å²) in [5.74, 6) is 1.47. The van der Waals surface area contributed by atoms with Gasteiger partial charge in [0.05, 0.1) is 0 Å². The van der Waals surface area contributed by atoms with Crippen LogP contribution in [0.2, 0.25) is 4.47 Å². The number of rotatable bonds is 7. The maximum Gasteiger partial charge on any atom is 0.282 e. The molecule has 0 saturated heterocycles. The van der Waals surface area contributed by atoms with Gasteiger partial charge < -0.3 is 10.4 Å². The molecule has 1 aromatic rings. The van der Waals surface area contributed by atoms with Crippen molar-refractivity contribution in [3.63, 3.8) is 0 Å². The molecule has 1 amide bonds.